The van der Waals surface area contributed by atoms with Gasteiger partial charge in [-0.2, -0.15) is 0 Å². The molecule has 1 saturated carbocycles. The third kappa shape index (κ3) is 2.77. The second kappa shape index (κ2) is 5.95. The number of phenols is 2. The minimum absolute atomic E-state index is 0.0637. The molecule has 0 aliphatic heterocycles. The van der Waals surface area contributed by atoms with E-state index in [1.165, 1.54) is 12.5 Å². The molecule has 4 heteroatoms. The summed E-state index contributed by atoms with van der Waals surface area (Å²) in [6, 6.07) is 12.0. The average molecular weight is 312 g/mol. The molecule has 0 spiro atoms. The van der Waals surface area contributed by atoms with E-state index in [9.17, 15) is 20.1 Å². The summed E-state index contributed by atoms with van der Waals surface area (Å²) in [6.45, 7) is 0. The van der Waals surface area contributed by atoms with E-state index in [-0.39, 0.29) is 22.5 Å². The third-order valence-electron chi connectivity index (χ3n) is 4.91. The molecule has 23 heavy (non-hydrogen) atoms. The van der Waals surface area contributed by atoms with Crippen LogP contribution in [-0.2, 0) is 5.41 Å². The van der Waals surface area contributed by atoms with Gasteiger partial charge in [0.2, 0.25) is 0 Å². The zero-order chi connectivity index (χ0) is 16.4. The van der Waals surface area contributed by atoms with Gasteiger partial charge >= 0.3 is 5.97 Å². The van der Waals surface area contributed by atoms with Crippen LogP contribution in [0, 0.1) is 0 Å². The van der Waals surface area contributed by atoms with E-state index in [1.54, 1.807) is 18.2 Å². The van der Waals surface area contributed by atoms with Crippen molar-refractivity contribution in [2.75, 3.05) is 0 Å². The van der Waals surface area contributed by atoms with Gasteiger partial charge in [0.25, 0.3) is 0 Å². The van der Waals surface area contributed by atoms with Gasteiger partial charge in [-0.3, -0.25) is 0 Å². The molecule has 1 fully saturated rings. The summed E-state index contributed by atoms with van der Waals surface area (Å²) in [5.74, 6) is -1.12. The molecule has 3 rings (SSSR count). The Hall–Kier alpha value is -2.49. The smallest absolute Gasteiger partial charge is 0.339 e. The Bertz CT molecular complexity index is 713. The predicted molar refractivity (Wildman–Crippen MR) is 87.0 cm³/mol. The van der Waals surface area contributed by atoms with Crippen LogP contribution in [-0.4, -0.2) is 21.3 Å². The van der Waals surface area contributed by atoms with Gasteiger partial charge in [-0.25, -0.2) is 4.79 Å². The highest BCUT2D eigenvalue weighted by atomic mass is 16.4. The maximum absolute atomic E-state index is 11.3. The van der Waals surface area contributed by atoms with E-state index in [4.69, 9.17) is 0 Å². The molecule has 3 N–H and O–H groups in total. The van der Waals surface area contributed by atoms with Crippen molar-refractivity contribution in [2.45, 2.75) is 37.5 Å². The minimum atomic E-state index is -1.12. The molecule has 0 radical (unpaired) electrons. The molecule has 0 bridgehead atoms. The third-order valence-corrected chi connectivity index (χ3v) is 4.91. The Balaban J connectivity index is 2.14. The van der Waals surface area contributed by atoms with Crippen LogP contribution in [0.25, 0.3) is 0 Å². The molecule has 0 atom stereocenters. The largest absolute Gasteiger partial charge is 0.508 e. The molecule has 1 aliphatic carbocycles. The number of benzene rings is 2. The van der Waals surface area contributed by atoms with Gasteiger partial charge in [-0.1, -0.05) is 37.5 Å². The SMILES string of the molecule is O=C(O)c1cc(C2(c3ccc(O)cc3)CCCCC2)ccc1O. The van der Waals surface area contributed by atoms with E-state index >= 15 is 0 Å². The number of hydrogen-bond acceptors (Lipinski definition) is 3. The zero-order valence-corrected chi connectivity index (χ0v) is 12.8. The highest BCUT2D eigenvalue weighted by molar-refractivity contribution is 5.91. The molecule has 0 heterocycles. The Morgan fingerprint density at radius 2 is 1.48 bits per heavy atom. The first-order valence-corrected chi connectivity index (χ1v) is 7.89. The molecule has 0 saturated heterocycles. The molecule has 0 unspecified atom stereocenters. The van der Waals surface area contributed by atoms with E-state index in [2.05, 4.69) is 0 Å². The van der Waals surface area contributed by atoms with Crippen molar-refractivity contribution in [1.82, 2.24) is 0 Å². The molecule has 0 aromatic heterocycles. The molecular formula is C19H20O4. The topological polar surface area (TPSA) is 77.8 Å². The van der Waals surface area contributed by atoms with Crippen molar-refractivity contribution >= 4 is 5.97 Å². The molecule has 2 aromatic rings. The monoisotopic (exact) mass is 312 g/mol. The molecule has 4 nitrogen and oxygen atoms in total. The lowest BCUT2D eigenvalue weighted by Crippen LogP contribution is -2.30. The first-order valence-electron chi connectivity index (χ1n) is 7.89. The van der Waals surface area contributed by atoms with E-state index in [1.807, 2.05) is 18.2 Å². The van der Waals surface area contributed by atoms with E-state index in [0.717, 1.165) is 36.8 Å². The number of hydrogen-bond donors (Lipinski definition) is 3. The maximum atomic E-state index is 11.3. The lowest BCUT2D eigenvalue weighted by molar-refractivity contribution is 0.0693. The lowest BCUT2D eigenvalue weighted by Gasteiger charge is -2.39. The Kier molecular flexibility index (Phi) is 3.99. The molecule has 2 aromatic carbocycles. The molecule has 1 aliphatic rings. The fourth-order valence-corrected chi connectivity index (χ4v) is 3.68. The number of aromatic carboxylic acids is 1. The van der Waals surface area contributed by atoms with Crippen molar-refractivity contribution in [3.8, 4) is 11.5 Å². The van der Waals surface area contributed by atoms with E-state index in [0.29, 0.717) is 0 Å². The number of carboxylic acids is 1. The summed E-state index contributed by atoms with van der Waals surface area (Å²) in [5, 5.41) is 28.6. The number of carbonyl (C=O) groups is 1. The quantitative estimate of drug-likeness (QED) is 0.799. The molecular weight excluding hydrogens is 292 g/mol. The first-order chi connectivity index (χ1) is 11.0. The van der Waals surface area contributed by atoms with Gasteiger partial charge in [0, 0.05) is 5.41 Å². The van der Waals surface area contributed by atoms with Crippen molar-refractivity contribution in [2.24, 2.45) is 0 Å². The summed E-state index contributed by atoms with van der Waals surface area (Å²) in [7, 11) is 0. The Morgan fingerprint density at radius 3 is 2.09 bits per heavy atom. The number of phenolic OH excluding ortho intramolecular Hbond substituents is 1. The van der Waals surface area contributed by atoms with Crippen molar-refractivity contribution in [3.05, 3.63) is 59.2 Å². The summed E-state index contributed by atoms with van der Waals surface area (Å²) >= 11 is 0. The predicted octanol–water partition coefficient (Wildman–Crippen LogP) is 4.05. The van der Waals surface area contributed by atoms with Crippen molar-refractivity contribution < 1.29 is 20.1 Å². The summed E-state index contributed by atoms with van der Waals surface area (Å²) in [6.07, 6.45) is 5.18. The van der Waals surface area contributed by atoms with Gasteiger partial charge < -0.3 is 15.3 Å². The second-order valence-electron chi connectivity index (χ2n) is 6.23. The standard InChI is InChI=1S/C19H20O4/c20-15-7-4-13(5-8-15)19(10-2-1-3-11-19)14-6-9-17(21)16(12-14)18(22)23/h4-9,12,20-21H,1-3,10-11H2,(H,22,23). The van der Waals surface area contributed by atoms with Gasteiger partial charge in [-0.15, -0.1) is 0 Å². The van der Waals surface area contributed by atoms with Crippen LogP contribution in [0.15, 0.2) is 42.5 Å². The number of aromatic hydroxyl groups is 2. The maximum Gasteiger partial charge on any atom is 0.339 e. The lowest BCUT2D eigenvalue weighted by atomic mass is 9.65. The van der Waals surface area contributed by atoms with Crippen LogP contribution in [0.2, 0.25) is 0 Å². The van der Waals surface area contributed by atoms with Crippen molar-refractivity contribution in [1.29, 1.82) is 0 Å². The highest BCUT2D eigenvalue weighted by Crippen LogP contribution is 2.46. The van der Waals surface area contributed by atoms with Gasteiger partial charge in [0.15, 0.2) is 0 Å². The van der Waals surface area contributed by atoms with E-state index < -0.39 is 5.97 Å². The zero-order valence-electron chi connectivity index (χ0n) is 12.8. The second-order valence-corrected chi connectivity index (χ2v) is 6.23. The number of rotatable bonds is 3. The Morgan fingerprint density at radius 1 is 0.870 bits per heavy atom. The van der Waals surface area contributed by atoms with Crippen LogP contribution < -0.4 is 0 Å². The molecule has 0 amide bonds. The van der Waals surface area contributed by atoms with Crippen LogP contribution in [0.4, 0.5) is 0 Å². The van der Waals surface area contributed by atoms with Crippen LogP contribution in [0.1, 0.15) is 53.6 Å². The normalized spacial score (nSPS) is 16.9. The fourth-order valence-electron chi connectivity index (χ4n) is 3.68. The van der Waals surface area contributed by atoms with Crippen LogP contribution >= 0.6 is 0 Å². The average Bonchev–Trinajstić information content (AvgIpc) is 2.56. The summed E-state index contributed by atoms with van der Waals surface area (Å²) in [5.41, 5.74) is 1.67. The fraction of sp³-hybridized carbons (Fsp3) is 0.316. The number of carboxylic acid groups (broad SMARTS) is 1. The van der Waals surface area contributed by atoms with Gasteiger partial charge in [-0.05, 0) is 48.2 Å². The summed E-state index contributed by atoms with van der Waals surface area (Å²) in [4.78, 5) is 11.3. The van der Waals surface area contributed by atoms with Crippen LogP contribution in [0.5, 0.6) is 11.5 Å². The highest BCUT2D eigenvalue weighted by Gasteiger charge is 2.36. The van der Waals surface area contributed by atoms with Gasteiger partial charge in [0.1, 0.15) is 17.1 Å². The first kappa shape index (κ1) is 15.4. The summed E-state index contributed by atoms with van der Waals surface area (Å²) < 4.78 is 0. The van der Waals surface area contributed by atoms with Crippen LogP contribution in [0.3, 0.4) is 0 Å². The Labute approximate surface area is 135 Å². The minimum Gasteiger partial charge on any atom is -0.508 e. The molecule has 120 valence electrons. The van der Waals surface area contributed by atoms with Gasteiger partial charge in [0.05, 0.1) is 0 Å². The van der Waals surface area contributed by atoms with Crippen molar-refractivity contribution in [3.63, 3.8) is 0 Å².